The van der Waals surface area contributed by atoms with Gasteiger partial charge in [0.15, 0.2) is 11.5 Å². The molecule has 0 fully saturated rings. The third kappa shape index (κ3) is 6.43. The van der Waals surface area contributed by atoms with Crippen LogP contribution in [0.4, 0.5) is 4.79 Å². The van der Waals surface area contributed by atoms with Gasteiger partial charge in [-0.15, -0.1) is 0 Å². The number of carbonyl (C=O) groups excluding carboxylic acids is 2. The Morgan fingerprint density at radius 3 is 2.28 bits per heavy atom. The van der Waals surface area contributed by atoms with Gasteiger partial charge in [-0.2, -0.15) is 0 Å². The molecule has 0 saturated carbocycles. The van der Waals surface area contributed by atoms with Crippen LogP contribution in [0.25, 0.3) is 0 Å². The van der Waals surface area contributed by atoms with E-state index in [1.807, 2.05) is 19.1 Å². The second kappa shape index (κ2) is 12.1. The van der Waals surface area contributed by atoms with E-state index in [0.29, 0.717) is 35.8 Å². The molecule has 1 aliphatic rings. The van der Waals surface area contributed by atoms with Crippen molar-refractivity contribution >= 4 is 29.6 Å². The Hall–Kier alpha value is -4.24. The van der Waals surface area contributed by atoms with Crippen LogP contribution in [-0.4, -0.2) is 54.3 Å². The highest BCUT2D eigenvalue weighted by molar-refractivity contribution is 6.33. The Kier molecular flexibility index (Phi) is 8.61. The number of aliphatic carboxylic acids is 1. The number of benzene rings is 3. The van der Waals surface area contributed by atoms with E-state index in [2.05, 4.69) is 5.32 Å². The van der Waals surface area contributed by atoms with Crippen LogP contribution in [0.2, 0.25) is 5.02 Å². The number of nitrogens with zero attached hydrogens (tertiary/aromatic N) is 1. The van der Waals surface area contributed by atoms with Gasteiger partial charge in [0.2, 0.25) is 0 Å². The topological polar surface area (TPSA) is 114 Å². The summed E-state index contributed by atoms with van der Waals surface area (Å²) >= 11 is 6.05. The van der Waals surface area contributed by atoms with Gasteiger partial charge >= 0.3 is 12.1 Å². The van der Waals surface area contributed by atoms with Crippen molar-refractivity contribution in [3.8, 4) is 17.2 Å². The molecular formula is C29H29ClN2O7. The molecule has 1 aliphatic heterocycles. The van der Waals surface area contributed by atoms with E-state index in [4.69, 9.17) is 25.8 Å². The van der Waals surface area contributed by atoms with Crippen LogP contribution in [0.3, 0.4) is 0 Å². The molecule has 2 unspecified atom stereocenters. The van der Waals surface area contributed by atoms with E-state index in [0.717, 1.165) is 11.1 Å². The molecule has 3 aromatic rings. The zero-order chi connectivity index (χ0) is 28.1. The molecule has 0 radical (unpaired) electrons. The van der Waals surface area contributed by atoms with Crippen molar-refractivity contribution in [2.45, 2.75) is 38.4 Å². The smallest absolute Gasteiger partial charge is 0.415 e. The first-order valence-corrected chi connectivity index (χ1v) is 12.7. The summed E-state index contributed by atoms with van der Waals surface area (Å²) in [5, 5.41) is 12.4. The highest BCUT2D eigenvalue weighted by Gasteiger charge is 2.30. The van der Waals surface area contributed by atoms with Crippen molar-refractivity contribution in [3.63, 3.8) is 0 Å². The number of carboxylic acids is 1. The van der Waals surface area contributed by atoms with Gasteiger partial charge in [-0.3, -0.25) is 4.79 Å². The van der Waals surface area contributed by atoms with Crippen LogP contribution in [-0.2, 0) is 24.2 Å². The number of hydrogen-bond donors (Lipinski definition) is 2. The number of hydrogen-bond acceptors (Lipinski definition) is 6. The molecule has 0 saturated heterocycles. The fourth-order valence-electron chi connectivity index (χ4n) is 4.48. The fourth-order valence-corrected chi connectivity index (χ4v) is 4.70. The average molecular weight is 553 g/mol. The summed E-state index contributed by atoms with van der Waals surface area (Å²) < 4.78 is 16.4. The number of methoxy groups -OCH3 is 2. The standard InChI is InChI=1S/C29H29ClN2O7/c1-17-12-19-14-25(37-2)26(38-3)15-20(19)16-32(17)29(36)39-21-10-8-18(9-11-21)13-24(28(34)35)31-27(33)22-6-4-5-7-23(22)30/h4-11,14-15,17,24H,12-13,16H2,1-3H3,(H,31,33)(H,34,35). The summed E-state index contributed by atoms with van der Waals surface area (Å²) in [6.45, 7) is 2.31. The number of fused-ring (bicyclic) bond motifs is 1. The first-order valence-electron chi connectivity index (χ1n) is 12.3. The maximum atomic E-state index is 13.0. The van der Waals surface area contributed by atoms with E-state index in [-0.39, 0.29) is 23.0 Å². The minimum Gasteiger partial charge on any atom is -0.493 e. The van der Waals surface area contributed by atoms with Gasteiger partial charge in [-0.05, 0) is 66.4 Å². The summed E-state index contributed by atoms with van der Waals surface area (Å²) in [4.78, 5) is 39.0. The molecule has 0 bridgehead atoms. The first kappa shape index (κ1) is 27.8. The lowest BCUT2D eigenvalue weighted by Gasteiger charge is -2.34. The van der Waals surface area contributed by atoms with Crippen LogP contribution >= 0.6 is 11.6 Å². The third-order valence-corrected chi connectivity index (χ3v) is 6.95. The summed E-state index contributed by atoms with van der Waals surface area (Å²) in [7, 11) is 3.15. The molecule has 9 nitrogen and oxygen atoms in total. The van der Waals surface area contributed by atoms with Crippen molar-refractivity contribution in [2.24, 2.45) is 0 Å². The Morgan fingerprint density at radius 1 is 1.03 bits per heavy atom. The zero-order valence-electron chi connectivity index (χ0n) is 21.8. The Bertz CT molecular complexity index is 1380. The monoisotopic (exact) mass is 552 g/mol. The van der Waals surface area contributed by atoms with Crippen molar-refractivity contribution in [1.82, 2.24) is 10.2 Å². The number of nitrogens with one attached hydrogen (secondary N) is 1. The molecule has 1 heterocycles. The average Bonchev–Trinajstić information content (AvgIpc) is 2.92. The van der Waals surface area contributed by atoms with Gasteiger partial charge in [0.1, 0.15) is 11.8 Å². The molecule has 4 rings (SSSR count). The van der Waals surface area contributed by atoms with Crippen LogP contribution in [0.5, 0.6) is 17.2 Å². The van der Waals surface area contributed by atoms with Crippen LogP contribution in [0.15, 0.2) is 60.7 Å². The Balaban J connectivity index is 1.40. The quantitative estimate of drug-likeness (QED) is 0.415. The molecule has 39 heavy (non-hydrogen) atoms. The van der Waals surface area contributed by atoms with E-state index >= 15 is 0 Å². The van der Waals surface area contributed by atoms with Gasteiger partial charge in [0.05, 0.1) is 24.8 Å². The second-order valence-corrected chi connectivity index (χ2v) is 9.62. The number of ether oxygens (including phenoxy) is 3. The molecule has 2 amide bonds. The van der Waals surface area contributed by atoms with Crippen LogP contribution in [0, 0.1) is 0 Å². The lowest BCUT2D eigenvalue weighted by molar-refractivity contribution is -0.139. The van der Waals surface area contributed by atoms with E-state index in [9.17, 15) is 19.5 Å². The summed E-state index contributed by atoms with van der Waals surface area (Å²) in [5.74, 6) is -0.196. The molecule has 204 valence electrons. The lowest BCUT2D eigenvalue weighted by atomic mass is 9.94. The van der Waals surface area contributed by atoms with Crippen molar-refractivity contribution < 1.29 is 33.7 Å². The van der Waals surface area contributed by atoms with Crippen molar-refractivity contribution in [2.75, 3.05) is 14.2 Å². The number of carboxylic acid groups (broad SMARTS) is 1. The molecule has 3 aromatic carbocycles. The largest absolute Gasteiger partial charge is 0.493 e. The molecular weight excluding hydrogens is 524 g/mol. The molecule has 0 aromatic heterocycles. The van der Waals surface area contributed by atoms with E-state index < -0.39 is 24.0 Å². The Labute approximate surface area is 231 Å². The number of carbonyl (C=O) groups is 3. The minimum atomic E-state index is -1.18. The molecule has 2 N–H and O–H groups in total. The van der Waals surface area contributed by atoms with Gasteiger partial charge in [0.25, 0.3) is 5.91 Å². The maximum Gasteiger partial charge on any atom is 0.415 e. The predicted octanol–water partition coefficient (Wildman–Crippen LogP) is 4.73. The number of rotatable bonds is 8. The summed E-state index contributed by atoms with van der Waals surface area (Å²) in [6, 6.07) is 15.5. The van der Waals surface area contributed by atoms with E-state index in [1.54, 1.807) is 61.6 Å². The molecule has 0 spiro atoms. The van der Waals surface area contributed by atoms with Crippen LogP contribution in [0.1, 0.15) is 34.0 Å². The molecule has 2 atom stereocenters. The SMILES string of the molecule is COc1cc2c(cc1OC)CN(C(=O)Oc1ccc(CC(NC(=O)c3ccccc3Cl)C(=O)O)cc1)C(C)C2. The predicted molar refractivity (Wildman–Crippen MR) is 145 cm³/mol. The normalized spacial score (nSPS) is 15.1. The second-order valence-electron chi connectivity index (χ2n) is 9.22. The lowest BCUT2D eigenvalue weighted by Crippen LogP contribution is -2.44. The minimum absolute atomic E-state index is 0.0327. The van der Waals surface area contributed by atoms with E-state index in [1.165, 1.54) is 6.07 Å². The molecule has 0 aliphatic carbocycles. The number of halogens is 1. The maximum absolute atomic E-state index is 13.0. The van der Waals surface area contributed by atoms with Gasteiger partial charge in [-0.25, -0.2) is 9.59 Å². The highest BCUT2D eigenvalue weighted by atomic mass is 35.5. The van der Waals surface area contributed by atoms with Gasteiger partial charge in [-0.1, -0.05) is 35.9 Å². The number of amides is 2. The zero-order valence-corrected chi connectivity index (χ0v) is 22.5. The fraction of sp³-hybridized carbons (Fsp3) is 0.276. The summed E-state index contributed by atoms with van der Waals surface area (Å²) in [6.07, 6.45) is 0.177. The van der Waals surface area contributed by atoms with Gasteiger partial charge < -0.3 is 29.5 Å². The summed E-state index contributed by atoms with van der Waals surface area (Å²) in [5.41, 5.74) is 2.88. The van der Waals surface area contributed by atoms with Gasteiger partial charge in [0, 0.05) is 19.0 Å². The first-order chi connectivity index (χ1) is 18.7. The van der Waals surface area contributed by atoms with Crippen LogP contribution < -0.4 is 19.5 Å². The third-order valence-electron chi connectivity index (χ3n) is 6.62. The Morgan fingerprint density at radius 2 is 1.67 bits per heavy atom. The van der Waals surface area contributed by atoms with Crippen molar-refractivity contribution in [1.29, 1.82) is 0 Å². The molecule has 10 heteroatoms. The highest BCUT2D eigenvalue weighted by Crippen LogP contribution is 2.35. The van der Waals surface area contributed by atoms with Crippen molar-refractivity contribution in [3.05, 3.63) is 87.9 Å².